The van der Waals surface area contributed by atoms with Gasteiger partial charge in [-0.3, -0.25) is 4.79 Å². The number of amides is 1. The molecule has 1 aromatic carbocycles. The van der Waals surface area contributed by atoms with Crippen LogP contribution < -0.4 is 15.4 Å². The summed E-state index contributed by atoms with van der Waals surface area (Å²) in [6.07, 6.45) is 4.17. The summed E-state index contributed by atoms with van der Waals surface area (Å²) in [5.74, 6) is 0.988. The first-order chi connectivity index (χ1) is 12.2. The number of carbonyl (C=O) groups excluding carboxylic acids is 1. The molecule has 2 N–H and O–H groups in total. The minimum atomic E-state index is -0.371. The molecule has 1 aliphatic heterocycles. The number of aromatic nitrogens is 1. The lowest BCUT2D eigenvalue weighted by atomic mass is 10.0. The number of pyridine rings is 1. The first kappa shape index (κ1) is 23.1. The van der Waals surface area contributed by atoms with Crippen molar-refractivity contribution in [3.63, 3.8) is 0 Å². The van der Waals surface area contributed by atoms with Crippen LogP contribution in [0.5, 0.6) is 11.6 Å². The van der Waals surface area contributed by atoms with Crippen molar-refractivity contribution < 1.29 is 13.9 Å². The lowest BCUT2D eigenvalue weighted by Gasteiger charge is -2.12. The van der Waals surface area contributed by atoms with Gasteiger partial charge in [0.1, 0.15) is 11.6 Å². The number of hydrogen-bond acceptors (Lipinski definition) is 4. The maximum Gasteiger partial charge on any atom is 0.224 e. The quantitative estimate of drug-likeness (QED) is 0.720. The third kappa shape index (κ3) is 7.33. The van der Waals surface area contributed by atoms with Crippen LogP contribution in [0.2, 0.25) is 0 Å². The predicted octanol–water partition coefficient (Wildman–Crippen LogP) is 3.86. The van der Waals surface area contributed by atoms with Crippen LogP contribution >= 0.6 is 24.8 Å². The lowest BCUT2D eigenvalue weighted by Crippen LogP contribution is -2.23. The average Bonchev–Trinajstić information content (AvgIpc) is 3.13. The van der Waals surface area contributed by atoms with Crippen molar-refractivity contribution in [3.8, 4) is 11.6 Å². The summed E-state index contributed by atoms with van der Waals surface area (Å²) in [6.45, 7) is 2.38. The molecule has 1 amide bonds. The van der Waals surface area contributed by atoms with Crippen LogP contribution in [0.3, 0.4) is 0 Å². The van der Waals surface area contributed by atoms with E-state index in [1.54, 1.807) is 24.4 Å². The summed E-state index contributed by atoms with van der Waals surface area (Å²) in [7, 11) is 0. The van der Waals surface area contributed by atoms with Gasteiger partial charge in [0.2, 0.25) is 11.8 Å². The van der Waals surface area contributed by atoms with E-state index in [-0.39, 0.29) is 36.5 Å². The highest BCUT2D eigenvalue weighted by atomic mass is 35.5. The van der Waals surface area contributed by atoms with Crippen molar-refractivity contribution in [2.24, 2.45) is 5.92 Å². The Bertz CT molecular complexity index is 728. The second-order valence-electron chi connectivity index (χ2n) is 6.20. The van der Waals surface area contributed by atoms with Gasteiger partial charge < -0.3 is 15.4 Å². The second kappa shape index (κ2) is 11.7. The number of halogens is 3. The number of nitrogens with zero attached hydrogens (tertiary/aromatic N) is 1. The highest BCUT2D eigenvalue weighted by molar-refractivity contribution is 5.85. The molecular formula is C19H24Cl2FN3O2. The maximum absolute atomic E-state index is 13.3. The highest BCUT2D eigenvalue weighted by Crippen LogP contribution is 2.23. The van der Waals surface area contributed by atoms with Gasteiger partial charge >= 0.3 is 0 Å². The van der Waals surface area contributed by atoms with E-state index >= 15 is 0 Å². The lowest BCUT2D eigenvalue weighted by molar-refractivity contribution is -0.121. The fraction of sp³-hybridized carbons (Fsp3) is 0.368. The van der Waals surface area contributed by atoms with Crippen LogP contribution in [0.25, 0.3) is 0 Å². The number of benzene rings is 1. The molecule has 148 valence electrons. The first-order valence-electron chi connectivity index (χ1n) is 8.55. The van der Waals surface area contributed by atoms with Gasteiger partial charge in [-0.15, -0.1) is 24.8 Å². The van der Waals surface area contributed by atoms with Gasteiger partial charge in [0.15, 0.2) is 0 Å². The summed E-state index contributed by atoms with van der Waals surface area (Å²) in [4.78, 5) is 16.2. The molecule has 1 unspecified atom stereocenters. The van der Waals surface area contributed by atoms with Crippen molar-refractivity contribution in [2.45, 2.75) is 25.8 Å². The van der Waals surface area contributed by atoms with Crippen molar-refractivity contribution >= 4 is 30.7 Å². The topological polar surface area (TPSA) is 63.2 Å². The van der Waals surface area contributed by atoms with Crippen LogP contribution in [0, 0.1) is 11.7 Å². The molecule has 1 atom stereocenters. The zero-order valence-electron chi connectivity index (χ0n) is 14.8. The predicted molar refractivity (Wildman–Crippen MR) is 107 cm³/mol. The fourth-order valence-corrected chi connectivity index (χ4v) is 2.87. The molecule has 0 aliphatic carbocycles. The van der Waals surface area contributed by atoms with Crippen LogP contribution in [-0.2, 0) is 11.3 Å². The molecular weight excluding hydrogens is 392 g/mol. The van der Waals surface area contributed by atoms with E-state index in [0.29, 0.717) is 30.5 Å². The van der Waals surface area contributed by atoms with E-state index in [1.165, 1.54) is 12.1 Å². The Hall–Kier alpha value is -1.89. The van der Waals surface area contributed by atoms with E-state index < -0.39 is 0 Å². The van der Waals surface area contributed by atoms with Gasteiger partial charge in [0.25, 0.3) is 0 Å². The molecule has 1 aliphatic rings. The summed E-state index contributed by atoms with van der Waals surface area (Å²) < 4.78 is 18.9. The van der Waals surface area contributed by atoms with Gasteiger partial charge in [0, 0.05) is 30.8 Å². The molecule has 5 nitrogen and oxygen atoms in total. The monoisotopic (exact) mass is 415 g/mol. The Morgan fingerprint density at radius 1 is 1.30 bits per heavy atom. The van der Waals surface area contributed by atoms with E-state index in [1.807, 2.05) is 6.07 Å². The molecule has 0 radical (unpaired) electrons. The van der Waals surface area contributed by atoms with E-state index in [0.717, 1.165) is 31.5 Å². The van der Waals surface area contributed by atoms with Crippen LogP contribution in [0.1, 0.15) is 24.8 Å². The minimum absolute atomic E-state index is 0. The molecule has 27 heavy (non-hydrogen) atoms. The summed E-state index contributed by atoms with van der Waals surface area (Å²) in [5.41, 5.74) is 0.752. The molecule has 2 heterocycles. The van der Waals surface area contributed by atoms with Gasteiger partial charge in [-0.1, -0.05) is 12.1 Å². The summed E-state index contributed by atoms with van der Waals surface area (Å²) in [6, 6.07) is 9.51. The fourth-order valence-electron chi connectivity index (χ4n) is 2.87. The number of hydrogen-bond donors (Lipinski definition) is 2. The van der Waals surface area contributed by atoms with Gasteiger partial charge in [-0.05, 0) is 50.0 Å². The van der Waals surface area contributed by atoms with Gasteiger partial charge in [0.05, 0.1) is 0 Å². The molecule has 1 aromatic heterocycles. The van der Waals surface area contributed by atoms with Crippen molar-refractivity contribution in [2.75, 3.05) is 13.1 Å². The molecule has 0 saturated carbocycles. The maximum atomic E-state index is 13.3. The number of ether oxygens (including phenoxy) is 1. The summed E-state index contributed by atoms with van der Waals surface area (Å²) >= 11 is 0. The average molecular weight is 416 g/mol. The molecule has 0 bridgehead atoms. The van der Waals surface area contributed by atoms with Crippen molar-refractivity contribution in [1.82, 2.24) is 15.6 Å². The highest BCUT2D eigenvalue weighted by Gasteiger charge is 2.16. The molecule has 3 rings (SSSR count). The Balaban J connectivity index is 0.00000182. The first-order valence-corrected chi connectivity index (χ1v) is 8.55. The molecule has 0 spiro atoms. The van der Waals surface area contributed by atoms with Gasteiger partial charge in [-0.25, -0.2) is 9.37 Å². The largest absolute Gasteiger partial charge is 0.439 e. The van der Waals surface area contributed by atoms with Gasteiger partial charge in [-0.2, -0.15) is 0 Å². The Morgan fingerprint density at radius 2 is 2.15 bits per heavy atom. The Kier molecular flexibility index (Phi) is 10.1. The van der Waals surface area contributed by atoms with Crippen molar-refractivity contribution in [3.05, 3.63) is 54.0 Å². The van der Waals surface area contributed by atoms with E-state index in [2.05, 4.69) is 15.6 Å². The normalized spacial score (nSPS) is 15.4. The third-order valence-electron chi connectivity index (χ3n) is 4.28. The molecule has 1 saturated heterocycles. The van der Waals surface area contributed by atoms with Crippen LogP contribution in [0.4, 0.5) is 4.39 Å². The number of rotatable bonds is 7. The standard InChI is InChI=1S/C19H22FN3O2.2ClH/c20-16-4-1-5-17(11-16)25-19-15(3-2-9-22-19)13-23-18(24)7-6-14-8-10-21-12-14;;/h1-5,9,11,14,21H,6-8,10,12-13H2,(H,23,24);2*1H. The third-order valence-corrected chi connectivity index (χ3v) is 4.28. The SMILES string of the molecule is Cl.Cl.O=C(CCC1CCNC1)NCc1cccnc1Oc1cccc(F)c1. The zero-order chi connectivity index (χ0) is 17.5. The Morgan fingerprint density at radius 3 is 2.89 bits per heavy atom. The smallest absolute Gasteiger partial charge is 0.224 e. The molecule has 1 fully saturated rings. The number of carbonyl (C=O) groups is 1. The Labute approximate surface area is 170 Å². The number of nitrogens with one attached hydrogen (secondary N) is 2. The van der Waals surface area contributed by atoms with Crippen molar-refractivity contribution in [1.29, 1.82) is 0 Å². The zero-order valence-corrected chi connectivity index (χ0v) is 16.5. The minimum Gasteiger partial charge on any atom is -0.439 e. The van der Waals surface area contributed by atoms with E-state index in [4.69, 9.17) is 4.74 Å². The molecule has 8 heteroatoms. The molecule has 2 aromatic rings. The van der Waals surface area contributed by atoms with Crippen LogP contribution in [-0.4, -0.2) is 24.0 Å². The van der Waals surface area contributed by atoms with Crippen LogP contribution in [0.15, 0.2) is 42.6 Å². The second-order valence-corrected chi connectivity index (χ2v) is 6.20. The van der Waals surface area contributed by atoms with E-state index in [9.17, 15) is 9.18 Å². The summed E-state index contributed by atoms with van der Waals surface area (Å²) in [5, 5.41) is 6.21.